The summed E-state index contributed by atoms with van der Waals surface area (Å²) >= 11 is 0. The van der Waals surface area contributed by atoms with Gasteiger partial charge in [-0.2, -0.15) is 0 Å². The highest BCUT2D eigenvalue weighted by molar-refractivity contribution is 5.79. The number of nitrogens with one attached hydrogen (secondary N) is 1. The number of hydrogen-bond donors (Lipinski definition) is 2. The Labute approximate surface area is 101 Å². The molecule has 0 radical (unpaired) electrons. The Hall–Kier alpha value is -0.650. The maximum absolute atomic E-state index is 11.9. The van der Waals surface area contributed by atoms with Crippen LogP contribution in [0.15, 0.2) is 0 Å². The third kappa shape index (κ3) is 2.61. The monoisotopic (exact) mass is 243 g/mol. The summed E-state index contributed by atoms with van der Waals surface area (Å²) in [5.74, 6) is -0.112. The minimum absolute atomic E-state index is 0.0254. The maximum Gasteiger partial charge on any atom is 0.225 e. The van der Waals surface area contributed by atoms with E-state index in [0.717, 1.165) is 6.42 Å². The third-order valence-electron chi connectivity index (χ3n) is 3.94. The highest BCUT2D eigenvalue weighted by Gasteiger charge is 2.40. The van der Waals surface area contributed by atoms with Crippen LogP contribution in [-0.2, 0) is 14.3 Å². The summed E-state index contributed by atoms with van der Waals surface area (Å²) in [5, 5.41) is 13.1. The van der Waals surface area contributed by atoms with Gasteiger partial charge in [0.15, 0.2) is 0 Å². The van der Waals surface area contributed by atoms with Crippen LogP contribution < -0.4 is 5.32 Å². The van der Waals surface area contributed by atoms with Crippen molar-refractivity contribution in [2.75, 3.05) is 19.8 Å². The number of carbonyl (C=O) groups excluding carboxylic acids is 1. The van der Waals surface area contributed by atoms with Crippen molar-refractivity contribution >= 4 is 5.91 Å². The van der Waals surface area contributed by atoms with Gasteiger partial charge in [0.05, 0.1) is 18.1 Å². The molecule has 2 rings (SSSR count). The average Bonchev–Trinajstić information content (AvgIpc) is 2.84. The Balaban J connectivity index is 1.83. The molecule has 98 valence electrons. The van der Waals surface area contributed by atoms with E-state index in [0.29, 0.717) is 19.6 Å². The molecular formula is C12H21NO4. The highest BCUT2D eigenvalue weighted by Crippen LogP contribution is 2.25. The Bertz CT molecular complexity index is 296. The van der Waals surface area contributed by atoms with Crippen LogP contribution in [0.3, 0.4) is 0 Å². The molecule has 1 amide bonds. The first-order valence-corrected chi connectivity index (χ1v) is 6.26. The van der Waals surface area contributed by atoms with E-state index >= 15 is 0 Å². The number of hydrogen-bond acceptors (Lipinski definition) is 4. The molecule has 0 bridgehead atoms. The second-order valence-electron chi connectivity index (χ2n) is 5.06. The predicted molar refractivity (Wildman–Crippen MR) is 61.5 cm³/mol. The fourth-order valence-electron chi connectivity index (χ4n) is 2.45. The standard InChI is InChI=1S/C12H21NO4/c1-8-10(3-5-16-8)11(14)13-7-12(15)4-6-17-9(12)2/h8-10,15H,3-7H2,1-2H3,(H,13,14). The number of carbonyl (C=O) groups is 1. The van der Waals surface area contributed by atoms with E-state index in [9.17, 15) is 9.90 Å². The molecule has 2 aliphatic rings. The minimum atomic E-state index is -0.918. The first-order valence-electron chi connectivity index (χ1n) is 6.26. The van der Waals surface area contributed by atoms with Gasteiger partial charge in [-0.1, -0.05) is 0 Å². The smallest absolute Gasteiger partial charge is 0.225 e. The lowest BCUT2D eigenvalue weighted by molar-refractivity contribution is -0.128. The van der Waals surface area contributed by atoms with E-state index in [1.54, 1.807) is 0 Å². The van der Waals surface area contributed by atoms with E-state index in [-0.39, 0.29) is 30.6 Å². The van der Waals surface area contributed by atoms with Crippen LogP contribution in [0.4, 0.5) is 0 Å². The highest BCUT2D eigenvalue weighted by atomic mass is 16.5. The van der Waals surface area contributed by atoms with Gasteiger partial charge < -0.3 is 19.9 Å². The van der Waals surface area contributed by atoms with Gasteiger partial charge in [0.2, 0.25) is 5.91 Å². The molecule has 2 saturated heterocycles. The van der Waals surface area contributed by atoms with Gasteiger partial charge in [0, 0.05) is 26.2 Å². The molecule has 2 aliphatic heterocycles. The van der Waals surface area contributed by atoms with Crippen molar-refractivity contribution in [2.45, 2.75) is 44.5 Å². The molecule has 0 aromatic carbocycles. The lowest BCUT2D eigenvalue weighted by Crippen LogP contribution is -2.49. The van der Waals surface area contributed by atoms with Crippen molar-refractivity contribution in [3.05, 3.63) is 0 Å². The summed E-state index contributed by atoms with van der Waals surface area (Å²) in [6.07, 6.45) is 1.09. The van der Waals surface area contributed by atoms with Gasteiger partial charge in [0.1, 0.15) is 5.60 Å². The summed E-state index contributed by atoms with van der Waals surface area (Å²) in [4.78, 5) is 11.9. The predicted octanol–water partition coefficient (Wildman–Crippen LogP) is 0.0675. The fourth-order valence-corrected chi connectivity index (χ4v) is 2.45. The SMILES string of the molecule is CC1OCCC1C(=O)NCC1(O)CCOC1C. The van der Waals surface area contributed by atoms with Crippen molar-refractivity contribution in [3.63, 3.8) is 0 Å². The van der Waals surface area contributed by atoms with E-state index in [1.165, 1.54) is 0 Å². The van der Waals surface area contributed by atoms with E-state index in [4.69, 9.17) is 9.47 Å². The maximum atomic E-state index is 11.9. The van der Waals surface area contributed by atoms with Crippen molar-refractivity contribution in [3.8, 4) is 0 Å². The zero-order valence-electron chi connectivity index (χ0n) is 10.4. The molecular weight excluding hydrogens is 222 g/mol. The van der Waals surface area contributed by atoms with E-state index in [1.807, 2.05) is 13.8 Å². The summed E-state index contributed by atoms with van der Waals surface area (Å²) in [7, 11) is 0. The lowest BCUT2D eigenvalue weighted by Gasteiger charge is -2.27. The summed E-state index contributed by atoms with van der Waals surface area (Å²) in [5.41, 5.74) is -0.918. The van der Waals surface area contributed by atoms with Gasteiger partial charge in [-0.05, 0) is 20.3 Å². The molecule has 2 fully saturated rings. The number of rotatable bonds is 3. The van der Waals surface area contributed by atoms with Gasteiger partial charge >= 0.3 is 0 Å². The minimum Gasteiger partial charge on any atom is -0.385 e. The molecule has 17 heavy (non-hydrogen) atoms. The fraction of sp³-hybridized carbons (Fsp3) is 0.917. The van der Waals surface area contributed by atoms with Gasteiger partial charge in [0.25, 0.3) is 0 Å². The molecule has 0 aromatic rings. The van der Waals surface area contributed by atoms with E-state index < -0.39 is 5.60 Å². The van der Waals surface area contributed by atoms with Gasteiger partial charge in [-0.25, -0.2) is 0 Å². The number of amides is 1. The molecule has 4 unspecified atom stereocenters. The average molecular weight is 243 g/mol. The molecule has 0 saturated carbocycles. The Kier molecular flexibility index (Phi) is 3.70. The zero-order valence-corrected chi connectivity index (χ0v) is 10.4. The van der Waals surface area contributed by atoms with Crippen LogP contribution in [0.25, 0.3) is 0 Å². The van der Waals surface area contributed by atoms with Crippen LogP contribution >= 0.6 is 0 Å². The molecule has 4 atom stereocenters. The third-order valence-corrected chi connectivity index (χ3v) is 3.94. The van der Waals surface area contributed by atoms with Crippen LogP contribution in [-0.4, -0.2) is 48.6 Å². The lowest BCUT2D eigenvalue weighted by atomic mass is 9.95. The van der Waals surface area contributed by atoms with E-state index in [2.05, 4.69) is 5.32 Å². The molecule has 2 N–H and O–H groups in total. The van der Waals surface area contributed by atoms with Crippen molar-refractivity contribution in [2.24, 2.45) is 5.92 Å². The Morgan fingerprint density at radius 1 is 1.41 bits per heavy atom. The Morgan fingerprint density at radius 2 is 2.18 bits per heavy atom. The molecule has 2 heterocycles. The summed E-state index contributed by atoms with van der Waals surface area (Å²) < 4.78 is 10.7. The molecule has 5 heteroatoms. The first-order chi connectivity index (χ1) is 8.03. The molecule has 0 aromatic heterocycles. The number of aliphatic hydroxyl groups is 1. The topological polar surface area (TPSA) is 67.8 Å². The normalized spacial score (nSPS) is 41.7. The second-order valence-corrected chi connectivity index (χ2v) is 5.06. The Morgan fingerprint density at radius 3 is 2.71 bits per heavy atom. The van der Waals surface area contributed by atoms with Crippen molar-refractivity contribution < 1.29 is 19.4 Å². The largest absolute Gasteiger partial charge is 0.385 e. The van der Waals surface area contributed by atoms with Crippen LogP contribution in [0.1, 0.15) is 26.7 Å². The van der Waals surface area contributed by atoms with Crippen LogP contribution in [0, 0.1) is 5.92 Å². The van der Waals surface area contributed by atoms with Crippen molar-refractivity contribution in [1.29, 1.82) is 0 Å². The van der Waals surface area contributed by atoms with Crippen LogP contribution in [0.5, 0.6) is 0 Å². The summed E-state index contributed by atoms with van der Waals surface area (Å²) in [6.45, 7) is 5.20. The quantitative estimate of drug-likeness (QED) is 0.736. The zero-order chi connectivity index (χ0) is 12.5. The molecule has 0 aliphatic carbocycles. The summed E-state index contributed by atoms with van der Waals surface area (Å²) in [6, 6.07) is 0. The van der Waals surface area contributed by atoms with Gasteiger partial charge in [-0.3, -0.25) is 4.79 Å². The van der Waals surface area contributed by atoms with Crippen LogP contribution in [0.2, 0.25) is 0 Å². The van der Waals surface area contributed by atoms with Gasteiger partial charge in [-0.15, -0.1) is 0 Å². The molecule has 0 spiro atoms. The number of ether oxygens (including phenoxy) is 2. The molecule has 5 nitrogen and oxygen atoms in total. The second kappa shape index (κ2) is 4.92. The van der Waals surface area contributed by atoms with Crippen molar-refractivity contribution in [1.82, 2.24) is 5.32 Å². The first kappa shape index (κ1) is 12.8.